The molecule has 31 N–H and O–H groups in total. The summed E-state index contributed by atoms with van der Waals surface area (Å²) in [6.45, 7) is 15.3. The third-order valence-electron chi connectivity index (χ3n) is 19.7. The van der Waals surface area contributed by atoms with E-state index in [0.29, 0.717) is 44.2 Å². The summed E-state index contributed by atoms with van der Waals surface area (Å²) in [6.07, 6.45) is 2.60. The van der Waals surface area contributed by atoms with Crippen LogP contribution in [0, 0.1) is 23.7 Å². The Kier molecular flexibility index (Phi) is 47.6. The highest BCUT2D eigenvalue weighted by Gasteiger charge is 2.42. The molecule has 0 radical (unpaired) electrons. The molecule has 43 heteroatoms. The summed E-state index contributed by atoms with van der Waals surface area (Å²) in [5.74, 6) is -18.4. The van der Waals surface area contributed by atoms with Crippen LogP contribution in [0.1, 0.15) is 203 Å². The predicted molar refractivity (Wildman–Crippen MR) is 432 cm³/mol. The number of carboxylic acid groups (broad SMARTS) is 2. The molecule has 2 heterocycles. The molecule has 1 aromatic heterocycles. The molecule has 1 aromatic rings. The van der Waals surface area contributed by atoms with Gasteiger partial charge in [0.2, 0.25) is 88.6 Å². The average molecular weight is 1670 g/mol. The van der Waals surface area contributed by atoms with Gasteiger partial charge in [-0.15, -0.1) is 0 Å². The Morgan fingerprint density at radius 2 is 0.881 bits per heavy atom. The monoisotopic (exact) mass is 1670 g/mol. The Bertz CT molecular complexity index is 3510. The molecule has 0 unspecified atom stereocenters. The lowest BCUT2D eigenvalue weighted by molar-refractivity contribution is -0.143. The maximum Gasteiger partial charge on any atom is 0.326 e. The van der Waals surface area contributed by atoms with Crippen LogP contribution in [0.2, 0.25) is 0 Å². The normalized spacial score (nSPS) is 16.1. The molecular weight excluding hydrogens is 1540 g/mol. The first-order chi connectivity index (χ1) is 55.6. The van der Waals surface area contributed by atoms with E-state index in [0.717, 1.165) is 0 Å². The van der Waals surface area contributed by atoms with Crippen molar-refractivity contribution in [1.82, 2.24) is 78.7 Å². The SMILES string of the molecule is CC[C@H](C)[C@H](NC(=O)[C@H](CCC(=O)O)NC(=O)[C@H](CCC(N)=O)NC(=O)[C@H](CCCCN)NC(=O)[C@H](Cc1cnc[nH]1)NC(=O)[C@@H](N)CCCN=C(N)N)C(=O)N[C@H](C(=O)N[C@@H](C)C(=O)N1CCC[C@H]1C(=O)N[C@H](C(=O)N[C@@H](CCCCN)C(=O)N[C@@H](CCC(N)=O)C(=O)N[C@@H](CCCCN)C(=O)N[C@@H](CC(C)C)C(=O)O)C(C)C)C(C)C. The van der Waals surface area contributed by atoms with E-state index in [2.05, 4.69) is 78.8 Å². The Balaban J connectivity index is 2.42. The number of carbonyl (C=O) groups excluding carboxylic acids is 15. The lowest BCUT2D eigenvalue weighted by atomic mass is 9.95. The van der Waals surface area contributed by atoms with Crippen molar-refractivity contribution in [3.8, 4) is 0 Å². The van der Waals surface area contributed by atoms with E-state index < -0.39 is 235 Å². The number of guanidine groups is 1. The number of rotatable bonds is 59. The minimum absolute atomic E-state index is 0.0211. The van der Waals surface area contributed by atoms with Crippen molar-refractivity contribution < 1.29 is 91.7 Å². The first-order valence-electron chi connectivity index (χ1n) is 40.5. The number of nitrogens with two attached hydrogens (primary N) is 8. The summed E-state index contributed by atoms with van der Waals surface area (Å²) in [4.78, 5) is 245. The van der Waals surface area contributed by atoms with Gasteiger partial charge in [-0.3, -0.25) is 81.7 Å². The van der Waals surface area contributed by atoms with Gasteiger partial charge < -0.3 is 130 Å². The number of primary amides is 2. The summed E-state index contributed by atoms with van der Waals surface area (Å²) < 4.78 is 0. The van der Waals surface area contributed by atoms with Gasteiger partial charge in [-0.2, -0.15) is 0 Å². The highest BCUT2D eigenvalue weighted by atomic mass is 16.4. The predicted octanol–water partition coefficient (Wildman–Crippen LogP) is -5.57. The molecular formula is C75H132N24O19. The number of aliphatic imine (C=N–C) groups is 1. The van der Waals surface area contributed by atoms with E-state index >= 15 is 0 Å². The van der Waals surface area contributed by atoms with E-state index in [4.69, 9.17) is 45.9 Å². The number of unbranched alkanes of at least 4 members (excludes halogenated alkanes) is 3. The third-order valence-corrected chi connectivity index (χ3v) is 19.7. The molecule has 0 aromatic carbocycles. The summed E-state index contributed by atoms with van der Waals surface area (Å²) >= 11 is 0. The zero-order chi connectivity index (χ0) is 89.1. The minimum atomic E-state index is -1.76. The quantitative estimate of drug-likeness (QED) is 0.0164. The molecule has 2 rings (SSSR count). The molecule has 666 valence electrons. The number of nitrogens with one attached hydrogen (secondary N) is 13. The highest BCUT2D eigenvalue weighted by Crippen LogP contribution is 2.22. The Hall–Kier alpha value is -10.7. The van der Waals surface area contributed by atoms with Crippen molar-refractivity contribution in [2.75, 3.05) is 32.7 Å². The van der Waals surface area contributed by atoms with E-state index in [1.807, 2.05) is 0 Å². The van der Waals surface area contributed by atoms with Crippen LogP contribution in [-0.4, -0.2) is 249 Å². The number of amides is 15. The third kappa shape index (κ3) is 38.1. The van der Waals surface area contributed by atoms with Crippen LogP contribution in [0.15, 0.2) is 17.5 Å². The summed E-state index contributed by atoms with van der Waals surface area (Å²) in [7, 11) is 0. The molecule has 1 aliphatic heterocycles. The maximum atomic E-state index is 14.5. The second kappa shape index (κ2) is 54.3. The zero-order valence-corrected chi connectivity index (χ0v) is 69.4. The van der Waals surface area contributed by atoms with Gasteiger partial charge in [0.15, 0.2) is 5.96 Å². The first kappa shape index (κ1) is 103. The second-order valence-electron chi connectivity index (χ2n) is 30.8. The number of aromatic nitrogens is 2. The second-order valence-corrected chi connectivity index (χ2v) is 30.8. The molecule has 0 spiro atoms. The number of carboxylic acids is 2. The minimum Gasteiger partial charge on any atom is -0.481 e. The smallest absolute Gasteiger partial charge is 0.326 e. The first-order valence-corrected chi connectivity index (χ1v) is 40.5. The molecule has 0 bridgehead atoms. The Morgan fingerprint density at radius 1 is 0.483 bits per heavy atom. The van der Waals surface area contributed by atoms with Crippen molar-refractivity contribution in [2.24, 2.45) is 74.5 Å². The van der Waals surface area contributed by atoms with Gasteiger partial charge >= 0.3 is 11.9 Å². The molecule has 0 aliphatic carbocycles. The van der Waals surface area contributed by atoms with Crippen molar-refractivity contribution in [2.45, 2.75) is 288 Å². The number of carbonyl (C=O) groups is 17. The Labute approximate surface area is 687 Å². The van der Waals surface area contributed by atoms with Gasteiger partial charge in [-0.05, 0) is 159 Å². The van der Waals surface area contributed by atoms with E-state index in [9.17, 15) is 91.7 Å². The van der Waals surface area contributed by atoms with Crippen LogP contribution in [-0.2, 0) is 87.9 Å². The fourth-order valence-electron chi connectivity index (χ4n) is 12.7. The van der Waals surface area contributed by atoms with Gasteiger partial charge in [0.25, 0.3) is 0 Å². The van der Waals surface area contributed by atoms with E-state index in [1.165, 1.54) is 24.3 Å². The van der Waals surface area contributed by atoms with Gasteiger partial charge in [0.05, 0.1) is 12.4 Å². The molecule has 1 fully saturated rings. The maximum absolute atomic E-state index is 14.5. The molecule has 43 nitrogen and oxygen atoms in total. The Morgan fingerprint density at radius 3 is 1.29 bits per heavy atom. The van der Waals surface area contributed by atoms with Crippen molar-refractivity contribution in [3.63, 3.8) is 0 Å². The van der Waals surface area contributed by atoms with Gasteiger partial charge in [-0.1, -0.05) is 61.8 Å². The van der Waals surface area contributed by atoms with Crippen molar-refractivity contribution in [1.29, 1.82) is 0 Å². The number of hydrogen-bond acceptors (Lipinski definition) is 23. The molecule has 15 amide bonds. The highest BCUT2D eigenvalue weighted by molar-refractivity contribution is 6.01. The number of H-pyrrole nitrogens is 1. The van der Waals surface area contributed by atoms with Crippen LogP contribution in [0.4, 0.5) is 0 Å². The van der Waals surface area contributed by atoms with Gasteiger partial charge in [0, 0.05) is 50.7 Å². The number of hydrogen-bond donors (Lipinski definition) is 23. The molecule has 118 heavy (non-hydrogen) atoms. The van der Waals surface area contributed by atoms with Crippen LogP contribution >= 0.6 is 0 Å². The van der Waals surface area contributed by atoms with E-state index in [-0.39, 0.29) is 115 Å². The summed E-state index contributed by atoms with van der Waals surface area (Å²) in [5.41, 5.74) is 45.6. The molecule has 15 atom stereocenters. The topological polar surface area (TPSA) is 727 Å². The molecule has 1 aliphatic rings. The number of aromatic amines is 1. The largest absolute Gasteiger partial charge is 0.481 e. The van der Waals surface area contributed by atoms with Gasteiger partial charge in [0.1, 0.15) is 78.5 Å². The van der Waals surface area contributed by atoms with Crippen LogP contribution in [0.3, 0.4) is 0 Å². The van der Waals surface area contributed by atoms with Crippen LogP contribution in [0.5, 0.6) is 0 Å². The fraction of sp³-hybridized carbons (Fsp3) is 0.720. The summed E-state index contributed by atoms with van der Waals surface area (Å²) in [5, 5.41) is 50.7. The van der Waals surface area contributed by atoms with Gasteiger partial charge in [-0.25, -0.2) is 9.78 Å². The van der Waals surface area contributed by atoms with Crippen molar-refractivity contribution >= 4 is 107 Å². The number of nitrogens with zero attached hydrogens (tertiary/aromatic N) is 3. The zero-order valence-electron chi connectivity index (χ0n) is 69.4. The number of imidazole rings is 1. The standard InChI is InChI=1S/C75H132N24O19/c1-10-42(8)60(98-67(110)51(26-29-57(102)103)92-66(109)50(25-28-56(81)101)90-62(105)46(20-11-14-30-76)89-68(111)52(36-44-37-84-38-86-44)94-61(104)45(79)19-17-33-85-75(82)83)72(115)97-58(40(4)5)70(113)87-43(9)73(116)99-34-18-23-54(99)69(112)96-59(41(6)7)71(114)93-48(22-13-16-32-78)63(106)91-49(24-27-55(80)100)65(108)88-47(21-12-15-31-77)64(107)95-53(74(117)118)35-39(2)3/h37-43,45-54,58-60H,10-36,76-79H2,1-9H3,(H2,80,100)(H2,81,101)(H,84,86)(H,87,113)(H,88,108)(H,89,111)(H,90,105)(H,91,106)(H,92,109)(H,93,114)(H,94,104)(H,95,107)(H,96,112)(H,97,115)(H,98,110)(H,102,103)(H,117,118)(H4,82,83,85)/t42-,43-,45-,46-,47-,48-,49-,50-,51-,52-,53-,54-,58-,59-,60-/m0/s1. The number of aliphatic carboxylic acids is 2. The fourth-order valence-corrected chi connectivity index (χ4v) is 12.7. The van der Waals surface area contributed by atoms with Crippen molar-refractivity contribution in [3.05, 3.63) is 18.2 Å². The summed E-state index contributed by atoms with van der Waals surface area (Å²) in [6, 6.07) is -19.7. The average Bonchev–Trinajstić information content (AvgIpc) is 1.71. The van der Waals surface area contributed by atoms with E-state index in [1.54, 1.807) is 55.4 Å². The molecule has 1 saturated heterocycles. The molecule has 0 saturated carbocycles. The lowest BCUT2D eigenvalue weighted by Crippen LogP contribution is -2.62. The number of likely N-dealkylation sites (tertiary alicyclic amines) is 1. The lowest BCUT2D eigenvalue weighted by Gasteiger charge is -2.32. The van der Waals surface area contributed by atoms with Crippen LogP contribution < -0.4 is 110 Å². The van der Waals surface area contributed by atoms with Crippen LogP contribution in [0.25, 0.3) is 0 Å².